The Balaban J connectivity index is 2.64. The predicted octanol–water partition coefficient (Wildman–Crippen LogP) is 4.36. The maximum absolute atomic E-state index is 14.5. The number of halogens is 5. The van der Waals surface area contributed by atoms with Gasteiger partial charge in [0.25, 0.3) is 0 Å². The minimum atomic E-state index is -4.78. The first-order valence-corrected chi connectivity index (χ1v) is 6.77. The van der Waals surface area contributed by atoms with Gasteiger partial charge in [0.15, 0.2) is 17.3 Å². The molecule has 1 aromatic carbocycles. The molecule has 0 saturated heterocycles. The number of carbonyl (C=O) groups is 1. The summed E-state index contributed by atoms with van der Waals surface area (Å²) in [6.07, 6.45) is -4.78. The SMILES string of the molecule is COC(=O)c1nc(-c2ccc(C(F)(F)F)c(OC)c2F)ccc1Cl. The molecule has 0 bridgehead atoms. The third kappa shape index (κ3) is 3.28. The van der Waals surface area contributed by atoms with Gasteiger partial charge < -0.3 is 9.47 Å². The lowest BCUT2D eigenvalue weighted by Crippen LogP contribution is -2.10. The average Bonchev–Trinajstić information content (AvgIpc) is 2.53. The number of pyridine rings is 1. The van der Waals surface area contributed by atoms with E-state index < -0.39 is 29.3 Å². The van der Waals surface area contributed by atoms with E-state index in [0.29, 0.717) is 6.07 Å². The summed E-state index contributed by atoms with van der Waals surface area (Å²) in [6, 6.07) is 4.10. The van der Waals surface area contributed by atoms with E-state index in [9.17, 15) is 22.4 Å². The van der Waals surface area contributed by atoms with Gasteiger partial charge in [-0.3, -0.25) is 0 Å². The van der Waals surface area contributed by atoms with Crippen molar-refractivity contribution in [1.29, 1.82) is 0 Å². The van der Waals surface area contributed by atoms with Crippen LogP contribution in [-0.4, -0.2) is 25.2 Å². The molecule has 0 saturated carbocycles. The number of rotatable bonds is 3. The van der Waals surface area contributed by atoms with E-state index in [2.05, 4.69) is 14.5 Å². The first kappa shape index (κ1) is 18.0. The van der Waals surface area contributed by atoms with Crippen LogP contribution in [0, 0.1) is 5.82 Å². The Hall–Kier alpha value is -2.35. The molecule has 0 aliphatic heterocycles. The van der Waals surface area contributed by atoms with Crippen LogP contribution >= 0.6 is 11.6 Å². The first-order chi connectivity index (χ1) is 11.2. The van der Waals surface area contributed by atoms with Gasteiger partial charge >= 0.3 is 12.1 Å². The standard InChI is InChI=1S/C15H10ClF4NO3/c1-23-13-8(15(18,19)20)4-3-7(11(13)17)10-6-5-9(16)12(21-10)14(22)24-2/h3-6H,1-2H3. The number of hydrogen-bond donors (Lipinski definition) is 0. The molecule has 0 aliphatic carbocycles. The van der Waals surface area contributed by atoms with E-state index in [1.807, 2.05) is 0 Å². The Morgan fingerprint density at radius 2 is 1.83 bits per heavy atom. The number of esters is 1. The van der Waals surface area contributed by atoms with Gasteiger partial charge in [-0.1, -0.05) is 11.6 Å². The van der Waals surface area contributed by atoms with Crippen molar-refractivity contribution in [2.75, 3.05) is 14.2 Å². The topological polar surface area (TPSA) is 48.4 Å². The van der Waals surface area contributed by atoms with Crippen molar-refractivity contribution in [2.24, 2.45) is 0 Å². The zero-order valence-electron chi connectivity index (χ0n) is 12.4. The monoisotopic (exact) mass is 363 g/mol. The van der Waals surface area contributed by atoms with Crippen LogP contribution in [0.1, 0.15) is 16.1 Å². The molecule has 1 aromatic heterocycles. The van der Waals surface area contributed by atoms with Crippen molar-refractivity contribution in [3.8, 4) is 17.0 Å². The van der Waals surface area contributed by atoms with Crippen molar-refractivity contribution < 1.29 is 31.8 Å². The van der Waals surface area contributed by atoms with Gasteiger partial charge in [0.2, 0.25) is 0 Å². The van der Waals surface area contributed by atoms with Crippen molar-refractivity contribution >= 4 is 17.6 Å². The minimum absolute atomic E-state index is 0.0371. The number of hydrogen-bond acceptors (Lipinski definition) is 4. The highest BCUT2D eigenvalue weighted by atomic mass is 35.5. The fourth-order valence-corrected chi connectivity index (χ4v) is 2.19. The van der Waals surface area contributed by atoms with Crippen LogP contribution in [0.4, 0.5) is 17.6 Å². The highest BCUT2D eigenvalue weighted by Gasteiger charge is 2.36. The molecule has 0 atom stereocenters. The Bertz CT molecular complexity index is 793. The second-order valence-corrected chi connectivity index (χ2v) is 4.93. The smallest absolute Gasteiger partial charge is 0.420 e. The number of alkyl halides is 3. The second kappa shape index (κ2) is 6.64. The second-order valence-electron chi connectivity index (χ2n) is 4.52. The lowest BCUT2D eigenvalue weighted by Gasteiger charge is -2.15. The van der Waals surface area contributed by atoms with Crippen LogP contribution < -0.4 is 4.74 Å². The van der Waals surface area contributed by atoms with Crippen LogP contribution in [-0.2, 0) is 10.9 Å². The minimum Gasteiger partial charge on any atom is -0.493 e. The summed E-state index contributed by atoms with van der Waals surface area (Å²) in [4.78, 5) is 15.4. The molecule has 0 spiro atoms. The summed E-state index contributed by atoms with van der Waals surface area (Å²) in [5.74, 6) is -3.07. The van der Waals surface area contributed by atoms with Crippen LogP contribution in [0.15, 0.2) is 24.3 Å². The van der Waals surface area contributed by atoms with Crippen LogP contribution in [0.2, 0.25) is 5.02 Å². The molecule has 24 heavy (non-hydrogen) atoms. The van der Waals surface area contributed by atoms with E-state index in [-0.39, 0.29) is 22.0 Å². The van der Waals surface area contributed by atoms with Gasteiger partial charge in [0.1, 0.15) is 5.56 Å². The molecule has 0 N–H and O–H groups in total. The summed E-state index contributed by atoms with van der Waals surface area (Å²) in [6.45, 7) is 0. The van der Waals surface area contributed by atoms with Crippen LogP contribution in [0.5, 0.6) is 5.75 Å². The van der Waals surface area contributed by atoms with Gasteiger partial charge in [0, 0.05) is 5.56 Å². The molecule has 9 heteroatoms. The number of carbonyl (C=O) groups excluding carboxylic acids is 1. The van der Waals surface area contributed by atoms with Gasteiger partial charge in [-0.05, 0) is 24.3 Å². The Morgan fingerprint density at radius 1 is 1.17 bits per heavy atom. The van der Waals surface area contributed by atoms with Crippen molar-refractivity contribution in [3.63, 3.8) is 0 Å². The van der Waals surface area contributed by atoms with E-state index >= 15 is 0 Å². The molecule has 0 radical (unpaired) electrons. The van der Waals surface area contributed by atoms with Crippen LogP contribution in [0.3, 0.4) is 0 Å². The predicted molar refractivity (Wildman–Crippen MR) is 77.5 cm³/mol. The van der Waals surface area contributed by atoms with Gasteiger partial charge in [0.05, 0.1) is 24.9 Å². The largest absolute Gasteiger partial charge is 0.493 e. The van der Waals surface area contributed by atoms with Crippen LogP contribution in [0.25, 0.3) is 11.3 Å². The van der Waals surface area contributed by atoms with Gasteiger partial charge in [-0.25, -0.2) is 14.2 Å². The Kier molecular flexibility index (Phi) is 4.98. The van der Waals surface area contributed by atoms with Gasteiger partial charge in [-0.15, -0.1) is 0 Å². The highest BCUT2D eigenvalue weighted by Crippen LogP contribution is 2.40. The zero-order valence-corrected chi connectivity index (χ0v) is 13.1. The molecule has 2 aromatic rings. The Morgan fingerprint density at radius 3 is 2.38 bits per heavy atom. The van der Waals surface area contributed by atoms with E-state index in [1.165, 1.54) is 12.1 Å². The zero-order chi connectivity index (χ0) is 18.1. The molecular weight excluding hydrogens is 354 g/mol. The molecule has 128 valence electrons. The molecule has 0 amide bonds. The molecule has 0 aliphatic rings. The lowest BCUT2D eigenvalue weighted by atomic mass is 10.1. The van der Waals surface area contributed by atoms with E-state index in [4.69, 9.17) is 11.6 Å². The lowest BCUT2D eigenvalue weighted by molar-refractivity contribution is -0.139. The fourth-order valence-electron chi connectivity index (χ4n) is 2.01. The summed E-state index contributed by atoms with van der Waals surface area (Å²) in [5, 5.41) is -0.0371. The third-order valence-corrected chi connectivity index (χ3v) is 3.41. The molecule has 1 heterocycles. The summed E-state index contributed by atoms with van der Waals surface area (Å²) < 4.78 is 62.1. The number of ether oxygens (including phenoxy) is 2. The van der Waals surface area contributed by atoms with Crippen molar-refractivity contribution in [2.45, 2.75) is 6.18 Å². The van der Waals surface area contributed by atoms with Crippen molar-refractivity contribution in [1.82, 2.24) is 4.98 Å². The molecule has 2 rings (SSSR count). The molecular formula is C15H10ClF4NO3. The molecule has 0 unspecified atom stereocenters. The maximum Gasteiger partial charge on any atom is 0.420 e. The fraction of sp³-hybridized carbons (Fsp3) is 0.200. The van der Waals surface area contributed by atoms with Gasteiger partial charge in [-0.2, -0.15) is 13.2 Å². The third-order valence-electron chi connectivity index (χ3n) is 3.11. The Labute approximate surface area is 139 Å². The maximum atomic E-state index is 14.5. The van der Waals surface area contributed by atoms with E-state index in [1.54, 1.807) is 0 Å². The molecule has 0 fully saturated rings. The van der Waals surface area contributed by atoms with E-state index in [0.717, 1.165) is 20.3 Å². The molecule has 4 nitrogen and oxygen atoms in total. The quantitative estimate of drug-likeness (QED) is 0.600. The first-order valence-electron chi connectivity index (χ1n) is 6.39. The summed E-state index contributed by atoms with van der Waals surface area (Å²) >= 11 is 5.81. The number of methoxy groups -OCH3 is 2. The summed E-state index contributed by atoms with van der Waals surface area (Å²) in [7, 11) is 2.03. The summed E-state index contributed by atoms with van der Waals surface area (Å²) in [5.41, 5.74) is -1.91. The highest BCUT2D eigenvalue weighted by molar-refractivity contribution is 6.33. The normalized spacial score (nSPS) is 11.3. The number of benzene rings is 1. The number of nitrogens with zero attached hydrogens (tertiary/aromatic N) is 1. The number of aromatic nitrogens is 1. The average molecular weight is 364 g/mol. The van der Waals surface area contributed by atoms with Crippen molar-refractivity contribution in [3.05, 3.63) is 46.4 Å².